The van der Waals surface area contributed by atoms with E-state index in [1.165, 1.54) is 12.1 Å². The maximum Gasteiger partial charge on any atom is 0.272 e. The van der Waals surface area contributed by atoms with Crippen molar-refractivity contribution >= 4 is 23.1 Å². The Bertz CT molecular complexity index is 484. The van der Waals surface area contributed by atoms with Crippen molar-refractivity contribution in [2.24, 2.45) is 0 Å². The Balaban J connectivity index is 2.18. The number of benzene rings is 1. The van der Waals surface area contributed by atoms with Gasteiger partial charge in [-0.15, -0.1) is 0 Å². The number of hydrogen-bond donors (Lipinski definition) is 0. The standard InChI is InChI=1S/C14H19FN2O2S/c1-2-20-12-5-3-4-8-16(10-12)14-7-6-11(17(18)19)9-13(14)15/h6-7,9,12H,2-5,8,10H2,1H3. The molecule has 0 N–H and O–H groups in total. The van der Waals surface area contributed by atoms with Crippen LogP contribution in [0.3, 0.4) is 0 Å². The minimum atomic E-state index is -0.564. The number of anilines is 1. The van der Waals surface area contributed by atoms with Gasteiger partial charge in [-0.1, -0.05) is 13.3 Å². The molecule has 0 amide bonds. The molecule has 1 unspecified atom stereocenters. The summed E-state index contributed by atoms with van der Waals surface area (Å²) in [6.07, 6.45) is 3.35. The van der Waals surface area contributed by atoms with E-state index in [2.05, 4.69) is 6.92 Å². The lowest BCUT2D eigenvalue weighted by Crippen LogP contribution is -2.30. The first kappa shape index (κ1) is 15.1. The van der Waals surface area contributed by atoms with Crippen molar-refractivity contribution in [3.63, 3.8) is 0 Å². The van der Waals surface area contributed by atoms with Gasteiger partial charge in [0.15, 0.2) is 5.82 Å². The molecule has 1 aromatic rings. The Morgan fingerprint density at radius 3 is 2.95 bits per heavy atom. The van der Waals surface area contributed by atoms with Gasteiger partial charge in [0, 0.05) is 24.4 Å². The van der Waals surface area contributed by atoms with Crippen LogP contribution in [0.15, 0.2) is 18.2 Å². The van der Waals surface area contributed by atoms with E-state index in [0.29, 0.717) is 10.9 Å². The highest BCUT2D eigenvalue weighted by molar-refractivity contribution is 7.99. The SMILES string of the molecule is CCSC1CCCCN(c2ccc([N+](=O)[O-])cc2F)C1. The maximum absolute atomic E-state index is 14.1. The molecule has 1 atom stereocenters. The molecule has 1 aromatic carbocycles. The molecule has 0 saturated carbocycles. The minimum Gasteiger partial charge on any atom is -0.368 e. The molecular formula is C14H19FN2O2S. The molecule has 1 fully saturated rings. The van der Waals surface area contributed by atoms with Gasteiger partial charge in [0.1, 0.15) is 0 Å². The molecule has 1 aliphatic rings. The second kappa shape index (κ2) is 6.92. The first-order valence-corrected chi connectivity index (χ1v) is 7.97. The van der Waals surface area contributed by atoms with Crippen molar-refractivity contribution in [1.29, 1.82) is 0 Å². The fraction of sp³-hybridized carbons (Fsp3) is 0.571. The van der Waals surface area contributed by atoms with Crippen molar-refractivity contribution in [1.82, 2.24) is 0 Å². The van der Waals surface area contributed by atoms with E-state index in [0.717, 1.165) is 44.2 Å². The van der Waals surface area contributed by atoms with Crippen LogP contribution >= 0.6 is 11.8 Å². The summed E-state index contributed by atoms with van der Waals surface area (Å²) in [6, 6.07) is 3.93. The Morgan fingerprint density at radius 2 is 2.30 bits per heavy atom. The zero-order valence-electron chi connectivity index (χ0n) is 11.5. The van der Waals surface area contributed by atoms with Gasteiger partial charge < -0.3 is 4.90 Å². The molecule has 0 radical (unpaired) electrons. The monoisotopic (exact) mass is 298 g/mol. The van der Waals surface area contributed by atoms with Gasteiger partial charge in [-0.05, 0) is 24.7 Å². The summed E-state index contributed by atoms with van der Waals surface area (Å²) in [7, 11) is 0. The highest BCUT2D eigenvalue weighted by Gasteiger charge is 2.21. The normalized spacial score (nSPS) is 19.7. The van der Waals surface area contributed by atoms with E-state index >= 15 is 0 Å². The summed E-state index contributed by atoms with van der Waals surface area (Å²) in [5.41, 5.74) is 0.291. The maximum atomic E-state index is 14.1. The Labute approximate surface area is 122 Å². The first-order chi connectivity index (χ1) is 9.61. The summed E-state index contributed by atoms with van der Waals surface area (Å²) in [5, 5.41) is 11.2. The summed E-state index contributed by atoms with van der Waals surface area (Å²) in [4.78, 5) is 12.1. The van der Waals surface area contributed by atoms with Crippen LogP contribution in [0.2, 0.25) is 0 Å². The predicted octanol–water partition coefficient (Wildman–Crippen LogP) is 3.85. The van der Waals surface area contributed by atoms with Crippen molar-refractivity contribution in [3.05, 3.63) is 34.1 Å². The van der Waals surface area contributed by atoms with Crippen LogP contribution < -0.4 is 4.90 Å². The summed E-state index contributed by atoms with van der Waals surface area (Å²) in [5.74, 6) is 0.558. The quantitative estimate of drug-likeness (QED) is 0.626. The zero-order chi connectivity index (χ0) is 14.5. The molecule has 0 aliphatic carbocycles. The fourth-order valence-electron chi connectivity index (χ4n) is 2.56. The van der Waals surface area contributed by atoms with Crippen LogP contribution in [0, 0.1) is 15.9 Å². The summed E-state index contributed by atoms with van der Waals surface area (Å²) >= 11 is 1.91. The molecule has 20 heavy (non-hydrogen) atoms. The van der Waals surface area contributed by atoms with E-state index < -0.39 is 10.7 Å². The lowest BCUT2D eigenvalue weighted by atomic mass is 10.2. The molecule has 110 valence electrons. The number of halogens is 1. The van der Waals surface area contributed by atoms with Crippen LogP contribution in [0.25, 0.3) is 0 Å². The van der Waals surface area contributed by atoms with Crippen LogP contribution in [0.5, 0.6) is 0 Å². The number of nitro benzene ring substituents is 1. The van der Waals surface area contributed by atoms with Crippen molar-refractivity contribution in [2.75, 3.05) is 23.7 Å². The molecule has 1 aliphatic heterocycles. The second-order valence-corrected chi connectivity index (χ2v) is 6.49. The number of rotatable bonds is 4. The minimum absolute atomic E-state index is 0.194. The Kier molecular flexibility index (Phi) is 5.23. The molecule has 2 rings (SSSR count). The molecule has 1 saturated heterocycles. The predicted molar refractivity (Wildman–Crippen MR) is 81.0 cm³/mol. The Morgan fingerprint density at radius 1 is 1.50 bits per heavy atom. The number of non-ortho nitro benzene ring substituents is 1. The van der Waals surface area contributed by atoms with Crippen LogP contribution in [0.4, 0.5) is 15.8 Å². The van der Waals surface area contributed by atoms with Crippen LogP contribution in [-0.2, 0) is 0 Å². The smallest absolute Gasteiger partial charge is 0.272 e. The van der Waals surface area contributed by atoms with Crippen molar-refractivity contribution < 1.29 is 9.31 Å². The molecule has 0 aromatic heterocycles. The average Bonchev–Trinajstić information content (AvgIpc) is 2.64. The lowest BCUT2D eigenvalue weighted by Gasteiger charge is -2.26. The number of nitrogens with zero attached hydrogens (tertiary/aromatic N) is 2. The van der Waals surface area contributed by atoms with Gasteiger partial charge in [0.25, 0.3) is 5.69 Å². The van der Waals surface area contributed by atoms with E-state index in [-0.39, 0.29) is 5.69 Å². The van der Waals surface area contributed by atoms with E-state index in [9.17, 15) is 14.5 Å². The van der Waals surface area contributed by atoms with Gasteiger partial charge in [-0.2, -0.15) is 11.8 Å². The highest BCUT2D eigenvalue weighted by Crippen LogP contribution is 2.29. The third-order valence-electron chi connectivity index (χ3n) is 3.51. The lowest BCUT2D eigenvalue weighted by molar-refractivity contribution is -0.385. The first-order valence-electron chi connectivity index (χ1n) is 6.92. The number of thioether (sulfide) groups is 1. The van der Waals surface area contributed by atoms with Crippen molar-refractivity contribution in [3.8, 4) is 0 Å². The highest BCUT2D eigenvalue weighted by atomic mass is 32.2. The molecule has 0 spiro atoms. The van der Waals surface area contributed by atoms with E-state index in [1.54, 1.807) is 0 Å². The zero-order valence-corrected chi connectivity index (χ0v) is 12.4. The molecular weight excluding hydrogens is 279 g/mol. The summed E-state index contributed by atoms with van der Waals surface area (Å²) < 4.78 is 14.1. The van der Waals surface area contributed by atoms with Gasteiger partial charge in [-0.3, -0.25) is 10.1 Å². The third kappa shape index (κ3) is 3.62. The van der Waals surface area contributed by atoms with Gasteiger partial charge in [0.05, 0.1) is 16.7 Å². The third-order valence-corrected chi connectivity index (χ3v) is 4.70. The molecule has 1 heterocycles. The molecule has 6 heteroatoms. The largest absolute Gasteiger partial charge is 0.368 e. The van der Waals surface area contributed by atoms with Crippen LogP contribution in [-0.4, -0.2) is 29.0 Å². The molecule has 4 nitrogen and oxygen atoms in total. The fourth-order valence-corrected chi connectivity index (χ4v) is 3.65. The van der Waals surface area contributed by atoms with Gasteiger partial charge in [0.2, 0.25) is 0 Å². The van der Waals surface area contributed by atoms with Gasteiger partial charge in [-0.25, -0.2) is 4.39 Å². The van der Waals surface area contributed by atoms with Crippen molar-refractivity contribution in [2.45, 2.75) is 31.4 Å². The Hall–Kier alpha value is -1.30. The average molecular weight is 298 g/mol. The topological polar surface area (TPSA) is 46.4 Å². The molecule has 0 bridgehead atoms. The van der Waals surface area contributed by atoms with E-state index in [1.807, 2.05) is 16.7 Å². The van der Waals surface area contributed by atoms with Crippen LogP contribution in [0.1, 0.15) is 26.2 Å². The van der Waals surface area contributed by atoms with Gasteiger partial charge >= 0.3 is 0 Å². The second-order valence-electron chi connectivity index (χ2n) is 4.91. The van der Waals surface area contributed by atoms with E-state index in [4.69, 9.17) is 0 Å². The number of nitro groups is 1. The summed E-state index contributed by atoms with van der Waals surface area (Å²) in [6.45, 7) is 3.76. The number of hydrogen-bond acceptors (Lipinski definition) is 4.